The van der Waals surface area contributed by atoms with E-state index < -0.39 is 41.1 Å². The molecule has 0 radical (unpaired) electrons. The minimum atomic E-state index is -1.32. The van der Waals surface area contributed by atoms with E-state index in [2.05, 4.69) is 10.2 Å². The summed E-state index contributed by atoms with van der Waals surface area (Å²) >= 11 is 0. The van der Waals surface area contributed by atoms with Gasteiger partial charge in [0.15, 0.2) is 0 Å². The van der Waals surface area contributed by atoms with Crippen molar-refractivity contribution < 1.29 is 34.3 Å². The van der Waals surface area contributed by atoms with Gasteiger partial charge in [-0.05, 0) is 19.4 Å². The Labute approximate surface area is 163 Å². The number of ether oxygens (including phenoxy) is 1. The van der Waals surface area contributed by atoms with Gasteiger partial charge in [-0.2, -0.15) is 0 Å². The summed E-state index contributed by atoms with van der Waals surface area (Å²) in [6.07, 6.45) is 0. The fourth-order valence-corrected chi connectivity index (χ4v) is 3.02. The maximum atomic E-state index is 12.6. The van der Waals surface area contributed by atoms with Gasteiger partial charge in [-0.1, -0.05) is 12.1 Å². The highest BCUT2D eigenvalue weighted by molar-refractivity contribution is 5.99. The number of non-ortho nitro benzene ring substituents is 1. The SMILES string of the molecule is CC1=C(C(=O)O)C(c2cccc([N+](=O)[O-])c2)C(C(=O)OCCO[N+](=O)[O-])=C(C)N1. The molecule has 0 spiro atoms. The van der Waals surface area contributed by atoms with E-state index in [1.54, 1.807) is 0 Å². The van der Waals surface area contributed by atoms with Gasteiger partial charge in [-0.25, -0.2) is 9.59 Å². The van der Waals surface area contributed by atoms with E-state index in [9.17, 15) is 34.9 Å². The second-order valence-corrected chi connectivity index (χ2v) is 5.99. The lowest BCUT2D eigenvalue weighted by Gasteiger charge is -2.29. The number of rotatable bonds is 8. The minimum Gasteiger partial charge on any atom is -0.478 e. The molecular formula is C17H17N3O9. The molecule has 12 nitrogen and oxygen atoms in total. The normalized spacial score (nSPS) is 16.1. The van der Waals surface area contributed by atoms with Gasteiger partial charge in [-0.15, -0.1) is 10.1 Å². The number of carboxylic acids is 1. The number of allylic oxidation sites excluding steroid dienone is 2. The number of nitro groups is 1. The highest BCUT2D eigenvalue weighted by Crippen LogP contribution is 2.39. The van der Waals surface area contributed by atoms with Gasteiger partial charge in [-0.3, -0.25) is 10.1 Å². The van der Waals surface area contributed by atoms with Crippen molar-refractivity contribution in [1.29, 1.82) is 0 Å². The number of carboxylic acid groups (broad SMARTS) is 1. The number of carbonyl (C=O) groups excluding carboxylic acids is 1. The summed E-state index contributed by atoms with van der Waals surface area (Å²) in [4.78, 5) is 49.2. The number of carbonyl (C=O) groups is 2. The molecule has 1 aliphatic heterocycles. The van der Waals surface area contributed by atoms with Gasteiger partial charge < -0.3 is 20.0 Å². The molecule has 0 aliphatic carbocycles. The maximum Gasteiger partial charge on any atom is 0.336 e. The third-order valence-corrected chi connectivity index (χ3v) is 4.14. The van der Waals surface area contributed by atoms with Crippen LogP contribution in [0.4, 0.5) is 5.69 Å². The smallest absolute Gasteiger partial charge is 0.336 e. The summed E-state index contributed by atoms with van der Waals surface area (Å²) in [6, 6.07) is 5.27. The Balaban J connectivity index is 2.46. The molecule has 2 N–H and O–H groups in total. The molecule has 0 saturated carbocycles. The molecule has 0 fully saturated rings. The predicted molar refractivity (Wildman–Crippen MR) is 95.9 cm³/mol. The van der Waals surface area contributed by atoms with Crippen molar-refractivity contribution >= 4 is 17.6 Å². The molecular weight excluding hydrogens is 390 g/mol. The fourth-order valence-electron chi connectivity index (χ4n) is 3.02. The average molecular weight is 407 g/mol. The molecule has 0 bridgehead atoms. The van der Waals surface area contributed by atoms with Crippen LogP contribution in [0.15, 0.2) is 46.8 Å². The zero-order valence-corrected chi connectivity index (χ0v) is 15.4. The van der Waals surface area contributed by atoms with Crippen LogP contribution < -0.4 is 5.32 Å². The van der Waals surface area contributed by atoms with Crippen molar-refractivity contribution in [1.82, 2.24) is 5.32 Å². The van der Waals surface area contributed by atoms with Crippen LogP contribution in [0.3, 0.4) is 0 Å². The Morgan fingerprint density at radius 3 is 2.38 bits per heavy atom. The lowest BCUT2D eigenvalue weighted by Crippen LogP contribution is -2.32. The molecule has 0 saturated heterocycles. The first-order valence-corrected chi connectivity index (χ1v) is 8.24. The van der Waals surface area contributed by atoms with Gasteiger partial charge in [0.25, 0.3) is 10.8 Å². The van der Waals surface area contributed by atoms with Gasteiger partial charge >= 0.3 is 11.9 Å². The molecule has 29 heavy (non-hydrogen) atoms. The predicted octanol–water partition coefficient (Wildman–Crippen LogP) is 1.67. The van der Waals surface area contributed by atoms with E-state index in [0.717, 1.165) is 0 Å². The number of benzene rings is 1. The number of aliphatic carboxylic acids is 1. The molecule has 154 valence electrons. The quantitative estimate of drug-likeness (QED) is 0.279. The molecule has 1 aliphatic rings. The maximum absolute atomic E-state index is 12.6. The van der Waals surface area contributed by atoms with Crippen LogP contribution in [0, 0.1) is 20.2 Å². The molecule has 2 rings (SSSR count). The highest BCUT2D eigenvalue weighted by atomic mass is 17.0. The third kappa shape index (κ3) is 4.86. The van der Waals surface area contributed by atoms with Crippen LogP contribution in [0.2, 0.25) is 0 Å². The Kier molecular flexibility index (Phi) is 6.49. The highest BCUT2D eigenvalue weighted by Gasteiger charge is 2.37. The first-order chi connectivity index (χ1) is 13.6. The monoisotopic (exact) mass is 407 g/mol. The molecule has 1 aromatic carbocycles. The Bertz CT molecular complexity index is 936. The van der Waals surface area contributed by atoms with E-state index in [4.69, 9.17) is 4.74 Å². The second kappa shape index (κ2) is 8.82. The van der Waals surface area contributed by atoms with Crippen molar-refractivity contribution in [2.75, 3.05) is 13.2 Å². The average Bonchev–Trinajstić information content (AvgIpc) is 2.64. The first kappa shape index (κ1) is 21.3. The van der Waals surface area contributed by atoms with Crippen LogP contribution in [-0.2, 0) is 19.2 Å². The molecule has 1 aromatic rings. The molecule has 1 atom stereocenters. The van der Waals surface area contributed by atoms with Gasteiger partial charge in [0.05, 0.1) is 22.0 Å². The van der Waals surface area contributed by atoms with E-state index in [1.165, 1.54) is 38.1 Å². The topological polar surface area (TPSA) is 171 Å². The number of nitrogens with one attached hydrogen (secondary N) is 1. The molecule has 0 amide bonds. The van der Waals surface area contributed by atoms with Crippen LogP contribution in [0.25, 0.3) is 0 Å². The minimum absolute atomic E-state index is 0.0744. The van der Waals surface area contributed by atoms with Crippen molar-refractivity contribution in [3.8, 4) is 0 Å². The van der Waals surface area contributed by atoms with Crippen LogP contribution in [0.1, 0.15) is 25.3 Å². The van der Waals surface area contributed by atoms with Gasteiger partial charge in [0, 0.05) is 23.5 Å². The Morgan fingerprint density at radius 1 is 1.14 bits per heavy atom. The summed E-state index contributed by atoms with van der Waals surface area (Å²) in [5.41, 5.74) is 0.251. The molecule has 1 heterocycles. The fraction of sp³-hybridized carbons (Fsp3) is 0.294. The Morgan fingerprint density at radius 2 is 1.79 bits per heavy atom. The molecule has 12 heteroatoms. The lowest BCUT2D eigenvalue weighted by molar-refractivity contribution is -0.757. The number of hydrogen-bond donors (Lipinski definition) is 2. The van der Waals surface area contributed by atoms with Crippen molar-refractivity contribution in [3.05, 3.63) is 72.6 Å². The Hall–Kier alpha value is -3.96. The standard InChI is InChI=1S/C17H17N3O9/c1-9-13(16(21)22)15(11-4-3-5-12(8-11)19(24)25)14(10(2)18-9)17(23)28-6-7-29-20(26)27/h3-5,8,15,18H,6-7H2,1-2H3,(H,21,22). The number of dihydropyridines is 1. The summed E-state index contributed by atoms with van der Waals surface area (Å²) < 4.78 is 4.98. The lowest BCUT2D eigenvalue weighted by atomic mass is 9.80. The largest absolute Gasteiger partial charge is 0.478 e. The van der Waals surface area contributed by atoms with Crippen molar-refractivity contribution in [2.24, 2.45) is 0 Å². The van der Waals surface area contributed by atoms with E-state index in [1.807, 2.05) is 0 Å². The third-order valence-electron chi connectivity index (χ3n) is 4.14. The number of nitro benzene ring substituents is 1. The van der Waals surface area contributed by atoms with E-state index >= 15 is 0 Å². The summed E-state index contributed by atoms with van der Waals surface area (Å²) in [6.45, 7) is 2.09. The second-order valence-electron chi connectivity index (χ2n) is 5.99. The van der Waals surface area contributed by atoms with Gasteiger partial charge in [0.1, 0.15) is 13.2 Å². The van der Waals surface area contributed by atoms with Crippen LogP contribution in [0.5, 0.6) is 0 Å². The number of hydrogen-bond acceptors (Lipinski definition) is 9. The molecule has 0 aromatic heterocycles. The first-order valence-electron chi connectivity index (χ1n) is 8.24. The zero-order valence-electron chi connectivity index (χ0n) is 15.4. The van der Waals surface area contributed by atoms with E-state index in [0.29, 0.717) is 5.70 Å². The summed E-state index contributed by atoms with van der Waals surface area (Å²) in [7, 11) is 0. The van der Waals surface area contributed by atoms with Crippen LogP contribution >= 0.6 is 0 Å². The zero-order chi connectivity index (χ0) is 21.7. The molecule has 1 unspecified atom stereocenters. The van der Waals surface area contributed by atoms with Crippen molar-refractivity contribution in [2.45, 2.75) is 19.8 Å². The number of nitrogens with zero attached hydrogens (tertiary/aromatic N) is 2. The van der Waals surface area contributed by atoms with E-state index in [-0.39, 0.29) is 28.1 Å². The van der Waals surface area contributed by atoms with Gasteiger partial charge in [0.2, 0.25) is 0 Å². The summed E-state index contributed by atoms with van der Waals surface area (Å²) in [5.74, 6) is -3.39. The van der Waals surface area contributed by atoms with Crippen molar-refractivity contribution in [3.63, 3.8) is 0 Å². The van der Waals surface area contributed by atoms with Crippen LogP contribution in [-0.4, -0.2) is 40.3 Å². The summed E-state index contributed by atoms with van der Waals surface area (Å²) in [5, 5.41) is 32.7. The number of esters is 1.